The van der Waals surface area contributed by atoms with E-state index in [1.807, 2.05) is 0 Å². The third-order valence-electron chi connectivity index (χ3n) is 3.44. The zero-order chi connectivity index (χ0) is 14.0. The minimum absolute atomic E-state index is 0.274. The van der Waals surface area contributed by atoms with Gasteiger partial charge < -0.3 is 10.2 Å². The molecule has 110 valence electrons. The van der Waals surface area contributed by atoms with Crippen molar-refractivity contribution in [2.24, 2.45) is 5.92 Å². The number of nitrogens with one attached hydrogen (secondary N) is 1. The lowest BCUT2D eigenvalue weighted by molar-refractivity contribution is 0.275. The first-order chi connectivity index (χ1) is 8.35. The third kappa shape index (κ3) is 12.4. The van der Waals surface area contributed by atoms with Crippen LogP contribution in [-0.2, 0) is 0 Å². The van der Waals surface area contributed by atoms with Crippen molar-refractivity contribution in [3.63, 3.8) is 0 Å². The molecule has 0 aliphatic heterocycles. The van der Waals surface area contributed by atoms with Crippen LogP contribution in [0.25, 0.3) is 0 Å². The van der Waals surface area contributed by atoms with Gasteiger partial charge in [-0.05, 0) is 59.7 Å². The molecule has 0 bridgehead atoms. The van der Waals surface area contributed by atoms with Crippen molar-refractivity contribution in [1.82, 2.24) is 10.2 Å². The second kappa shape index (κ2) is 9.80. The lowest BCUT2D eigenvalue weighted by Gasteiger charge is -2.21. The van der Waals surface area contributed by atoms with Crippen molar-refractivity contribution in [2.75, 3.05) is 26.7 Å². The highest BCUT2D eigenvalue weighted by atomic mass is 15.1. The van der Waals surface area contributed by atoms with E-state index in [4.69, 9.17) is 0 Å². The first kappa shape index (κ1) is 17.9. The van der Waals surface area contributed by atoms with Crippen LogP contribution in [0, 0.1) is 5.92 Å². The number of unbranched alkanes of at least 4 members (excludes halogenated alkanes) is 3. The molecule has 0 amide bonds. The molecule has 0 heterocycles. The summed E-state index contributed by atoms with van der Waals surface area (Å²) < 4.78 is 0. The molecular formula is C16H36N2. The van der Waals surface area contributed by atoms with Crippen LogP contribution in [0.1, 0.15) is 66.7 Å². The standard InChI is InChI=1S/C16H36N2/c1-7-15(2)14-18(6)13-11-9-8-10-12-17-16(3,4)5/h15,17H,7-14H2,1-6H3. The summed E-state index contributed by atoms with van der Waals surface area (Å²) in [4.78, 5) is 2.49. The lowest BCUT2D eigenvalue weighted by atomic mass is 10.1. The SMILES string of the molecule is CCC(C)CN(C)CCCCCCNC(C)(C)C. The molecule has 0 spiro atoms. The highest BCUT2D eigenvalue weighted by Crippen LogP contribution is 2.06. The minimum Gasteiger partial charge on any atom is -0.312 e. The summed E-state index contributed by atoms with van der Waals surface area (Å²) in [5.74, 6) is 0.839. The minimum atomic E-state index is 0.274. The molecule has 0 saturated carbocycles. The fourth-order valence-electron chi connectivity index (χ4n) is 2.08. The van der Waals surface area contributed by atoms with Gasteiger partial charge in [-0.2, -0.15) is 0 Å². The van der Waals surface area contributed by atoms with Gasteiger partial charge in [0.05, 0.1) is 0 Å². The highest BCUT2D eigenvalue weighted by Gasteiger charge is 2.07. The Morgan fingerprint density at radius 2 is 1.67 bits per heavy atom. The maximum atomic E-state index is 3.54. The maximum absolute atomic E-state index is 3.54. The lowest BCUT2D eigenvalue weighted by Crippen LogP contribution is -2.36. The molecule has 2 heteroatoms. The Morgan fingerprint density at radius 3 is 2.22 bits per heavy atom. The van der Waals surface area contributed by atoms with E-state index >= 15 is 0 Å². The van der Waals surface area contributed by atoms with Gasteiger partial charge in [-0.1, -0.05) is 33.1 Å². The monoisotopic (exact) mass is 256 g/mol. The predicted octanol–water partition coefficient (Wildman–Crippen LogP) is 3.91. The van der Waals surface area contributed by atoms with Gasteiger partial charge in [-0.15, -0.1) is 0 Å². The summed E-state index contributed by atoms with van der Waals surface area (Å²) >= 11 is 0. The van der Waals surface area contributed by atoms with Crippen LogP contribution < -0.4 is 5.32 Å². The van der Waals surface area contributed by atoms with Gasteiger partial charge in [0.1, 0.15) is 0 Å². The number of nitrogens with zero attached hydrogens (tertiary/aromatic N) is 1. The van der Waals surface area contributed by atoms with E-state index in [1.165, 1.54) is 45.2 Å². The molecule has 1 unspecified atom stereocenters. The Labute approximate surface area is 116 Å². The third-order valence-corrected chi connectivity index (χ3v) is 3.44. The number of hydrogen-bond acceptors (Lipinski definition) is 2. The van der Waals surface area contributed by atoms with E-state index < -0.39 is 0 Å². The molecule has 1 N–H and O–H groups in total. The van der Waals surface area contributed by atoms with Crippen LogP contribution in [0.4, 0.5) is 0 Å². The largest absolute Gasteiger partial charge is 0.312 e. The molecule has 0 rings (SSSR count). The molecular weight excluding hydrogens is 220 g/mol. The van der Waals surface area contributed by atoms with Gasteiger partial charge in [0.25, 0.3) is 0 Å². The fraction of sp³-hybridized carbons (Fsp3) is 1.00. The van der Waals surface area contributed by atoms with Gasteiger partial charge in [0.15, 0.2) is 0 Å². The summed E-state index contributed by atoms with van der Waals surface area (Å²) in [6.45, 7) is 15.0. The molecule has 1 atom stereocenters. The quantitative estimate of drug-likeness (QED) is 0.596. The Hall–Kier alpha value is -0.0800. The zero-order valence-electron chi connectivity index (χ0n) is 13.7. The average Bonchev–Trinajstić information content (AvgIpc) is 2.26. The summed E-state index contributed by atoms with van der Waals surface area (Å²) in [7, 11) is 2.26. The summed E-state index contributed by atoms with van der Waals surface area (Å²) in [6, 6.07) is 0. The summed E-state index contributed by atoms with van der Waals surface area (Å²) in [5, 5.41) is 3.54. The van der Waals surface area contributed by atoms with Crippen LogP contribution in [0.5, 0.6) is 0 Å². The Kier molecular flexibility index (Phi) is 9.76. The van der Waals surface area contributed by atoms with Gasteiger partial charge in [0.2, 0.25) is 0 Å². The van der Waals surface area contributed by atoms with Crippen LogP contribution in [0.15, 0.2) is 0 Å². The van der Waals surface area contributed by atoms with Crippen LogP contribution in [0.2, 0.25) is 0 Å². The van der Waals surface area contributed by atoms with E-state index in [2.05, 4.69) is 51.9 Å². The first-order valence-corrected chi connectivity index (χ1v) is 7.78. The highest BCUT2D eigenvalue weighted by molar-refractivity contribution is 4.69. The van der Waals surface area contributed by atoms with Crippen LogP contribution >= 0.6 is 0 Å². The molecule has 18 heavy (non-hydrogen) atoms. The van der Waals surface area contributed by atoms with Gasteiger partial charge in [-0.3, -0.25) is 0 Å². The van der Waals surface area contributed by atoms with Crippen molar-refractivity contribution in [3.05, 3.63) is 0 Å². The van der Waals surface area contributed by atoms with E-state index in [9.17, 15) is 0 Å². The smallest absolute Gasteiger partial charge is 0.00965 e. The average molecular weight is 256 g/mol. The maximum Gasteiger partial charge on any atom is 0.00965 e. The molecule has 0 aliphatic carbocycles. The van der Waals surface area contributed by atoms with E-state index in [0.29, 0.717) is 0 Å². The molecule has 0 radical (unpaired) electrons. The van der Waals surface area contributed by atoms with Crippen molar-refractivity contribution >= 4 is 0 Å². The molecule has 0 saturated heterocycles. The van der Waals surface area contributed by atoms with E-state index in [0.717, 1.165) is 12.5 Å². The van der Waals surface area contributed by atoms with Gasteiger partial charge in [0, 0.05) is 12.1 Å². The molecule has 0 aromatic rings. The van der Waals surface area contributed by atoms with E-state index in [1.54, 1.807) is 0 Å². The van der Waals surface area contributed by atoms with Crippen LogP contribution in [0.3, 0.4) is 0 Å². The van der Waals surface area contributed by atoms with Crippen molar-refractivity contribution in [1.29, 1.82) is 0 Å². The van der Waals surface area contributed by atoms with Crippen molar-refractivity contribution in [2.45, 2.75) is 72.3 Å². The van der Waals surface area contributed by atoms with Crippen molar-refractivity contribution in [3.8, 4) is 0 Å². The fourth-order valence-corrected chi connectivity index (χ4v) is 2.08. The van der Waals surface area contributed by atoms with Crippen LogP contribution in [-0.4, -0.2) is 37.1 Å². The summed E-state index contributed by atoms with van der Waals surface area (Å²) in [6.07, 6.45) is 6.69. The zero-order valence-corrected chi connectivity index (χ0v) is 13.7. The predicted molar refractivity (Wildman–Crippen MR) is 83.2 cm³/mol. The van der Waals surface area contributed by atoms with Gasteiger partial charge >= 0.3 is 0 Å². The molecule has 0 aromatic carbocycles. The van der Waals surface area contributed by atoms with Gasteiger partial charge in [-0.25, -0.2) is 0 Å². The Morgan fingerprint density at radius 1 is 1.06 bits per heavy atom. The second-order valence-electron chi connectivity index (χ2n) is 6.87. The number of hydrogen-bond donors (Lipinski definition) is 1. The Balaban J connectivity index is 3.30. The first-order valence-electron chi connectivity index (χ1n) is 7.78. The second-order valence-corrected chi connectivity index (χ2v) is 6.87. The normalized spacial score (nSPS) is 14.2. The Bertz CT molecular complexity index is 184. The molecule has 2 nitrogen and oxygen atoms in total. The summed E-state index contributed by atoms with van der Waals surface area (Å²) in [5.41, 5.74) is 0.274. The molecule has 0 aromatic heterocycles. The van der Waals surface area contributed by atoms with Crippen molar-refractivity contribution < 1.29 is 0 Å². The van der Waals surface area contributed by atoms with E-state index in [-0.39, 0.29) is 5.54 Å². The molecule has 0 aliphatic rings. The molecule has 0 fully saturated rings. The number of rotatable bonds is 10. The topological polar surface area (TPSA) is 15.3 Å².